The third-order valence-electron chi connectivity index (χ3n) is 16.8. The molecule has 48 heavy (non-hydrogen) atoms. The standard InChI is InChI=1S/C39H64N2O7/c1-22-17-25(32(35(5,6)44)40-23(2)42)47-31-30(22)36(7)13-14-39-21-38(39)12-11-28(48-29-18-41(15-16-46-29)24-19-45-20-24)34(3,4)26(38)9-10-27(39)37(36,8)33(31)43/h22,24-33,43-44H,9-21H2,1-8H3,(H,40,42)/t22-,25-,26+,27+,28?,29+,30+,31+,32+,33+,36-,37-,38?,39+/m1/s1. The van der Waals surface area contributed by atoms with Crippen LogP contribution in [0.2, 0.25) is 0 Å². The van der Waals surface area contributed by atoms with Crippen LogP contribution < -0.4 is 5.32 Å². The molecule has 1 amide bonds. The molecule has 0 aromatic rings. The van der Waals surface area contributed by atoms with Gasteiger partial charge in [-0.25, -0.2) is 0 Å². The maximum Gasteiger partial charge on any atom is 0.217 e. The Morgan fingerprint density at radius 3 is 2.42 bits per heavy atom. The molecule has 5 saturated carbocycles. The number of hydrogen-bond donors (Lipinski definition) is 3. The average Bonchev–Trinajstić information content (AvgIpc) is 3.61. The highest BCUT2D eigenvalue weighted by Gasteiger charge is 2.84. The molecular formula is C39H64N2O7. The van der Waals surface area contributed by atoms with Crippen molar-refractivity contribution in [3.63, 3.8) is 0 Å². The maximum absolute atomic E-state index is 12.6. The summed E-state index contributed by atoms with van der Waals surface area (Å²) in [6, 6.07) is -0.0203. The van der Waals surface area contributed by atoms with Gasteiger partial charge in [-0.3, -0.25) is 9.69 Å². The second-order valence-corrected chi connectivity index (χ2v) is 19.5. The van der Waals surface area contributed by atoms with Crippen LogP contribution in [0.25, 0.3) is 0 Å². The Bertz CT molecular complexity index is 1280. The lowest BCUT2D eigenvalue weighted by atomic mass is 9.41. The van der Waals surface area contributed by atoms with E-state index in [-0.39, 0.29) is 58.1 Å². The van der Waals surface area contributed by atoms with E-state index >= 15 is 0 Å². The molecule has 0 bridgehead atoms. The van der Waals surface area contributed by atoms with Gasteiger partial charge in [0.15, 0.2) is 6.29 Å². The average molecular weight is 673 g/mol. The van der Waals surface area contributed by atoms with Crippen molar-refractivity contribution in [2.24, 2.45) is 50.7 Å². The van der Waals surface area contributed by atoms with E-state index in [1.807, 2.05) is 0 Å². The van der Waals surface area contributed by atoms with Crippen LogP contribution in [-0.2, 0) is 23.7 Å². The highest BCUT2D eigenvalue weighted by molar-refractivity contribution is 5.73. The highest BCUT2D eigenvalue weighted by atomic mass is 16.7. The number of carbonyl (C=O) groups is 1. The fraction of sp³-hybridized carbons (Fsp3) is 0.974. The van der Waals surface area contributed by atoms with Crippen molar-refractivity contribution >= 4 is 5.91 Å². The van der Waals surface area contributed by atoms with Gasteiger partial charge in [-0.05, 0) is 111 Å². The summed E-state index contributed by atoms with van der Waals surface area (Å²) in [6.45, 7) is 21.4. The van der Waals surface area contributed by atoms with Crippen LogP contribution in [0.4, 0.5) is 0 Å². The molecule has 0 aromatic heterocycles. The Labute approximate surface area is 288 Å². The molecule has 3 saturated heterocycles. The van der Waals surface area contributed by atoms with Gasteiger partial charge in [0, 0.05) is 18.9 Å². The number of hydrogen-bond acceptors (Lipinski definition) is 8. The summed E-state index contributed by atoms with van der Waals surface area (Å²) in [5.41, 5.74) is -0.762. The highest BCUT2D eigenvalue weighted by Crippen LogP contribution is 2.89. The van der Waals surface area contributed by atoms with E-state index < -0.39 is 17.7 Å². The maximum atomic E-state index is 12.6. The summed E-state index contributed by atoms with van der Waals surface area (Å²) in [4.78, 5) is 14.7. The number of morpholine rings is 1. The van der Waals surface area contributed by atoms with Crippen molar-refractivity contribution in [3.05, 3.63) is 0 Å². The van der Waals surface area contributed by atoms with Gasteiger partial charge in [-0.2, -0.15) is 0 Å². The van der Waals surface area contributed by atoms with Gasteiger partial charge in [0.25, 0.3) is 0 Å². The van der Waals surface area contributed by atoms with Crippen LogP contribution in [0, 0.1) is 50.7 Å². The van der Waals surface area contributed by atoms with Crippen LogP contribution in [0.5, 0.6) is 0 Å². The quantitative estimate of drug-likeness (QED) is 0.378. The van der Waals surface area contributed by atoms with E-state index in [1.165, 1.54) is 32.6 Å². The number of ether oxygens (including phenoxy) is 4. The van der Waals surface area contributed by atoms with Crippen molar-refractivity contribution in [1.82, 2.24) is 10.2 Å². The fourth-order valence-electron chi connectivity index (χ4n) is 14.4. The first kappa shape index (κ1) is 34.3. The molecule has 9 heteroatoms. The first-order valence-corrected chi connectivity index (χ1v) is 19.4. The molecular weight excluding hydrogens is 608 g/mol. The smallest absolute Gasteiger partial charge is 0.217 e. The van der Waals surface area contributed by atoms with Crippen molar-refractivity contribution in [2.45, 2.75) is 155 Å². The van der Waals surface area contributed by atoms with E-state index in [0.717, 1.165) is 58.6 Å². The third-order valence-corrected chi connectivity index (χ3v) is 16.8. The largest absolute Gasteiger partial charge is 0.390 e. The molecule has 272 valence electrons. The third kappa shape index (κ3) is 4.55. The van der Waals surface area contributed by atoms with E-state index in [4.69, 9.17) is 18.9 Å². The predicted octanol–water partition coefficient (Wildman–Crippen LogP) is 4.52. The minimum absolute atomic E-state index is 0.0300. The number of aliphatic hydroxyl groups excluding tert-OH is 1. The number of rotatable bonds is 6. The minimum atomic E-state index is -1.14. The topological polar surface area (TPSA) is 110 Å². The number of aliphatic hydroxyl groups is 2. The lowest BCUT2D eigenvalue weighted by Crippen LogP contribution is -2.60. The van der Waals surface area contributed by atoms with Gasteiger partial charge in [-0.15, -0.1) is 0 Å². The lowest BCUT2D eigenvalue weighted by molar-refractivity contribution is -0.256. The molecule has 3 N–H and O–H groups in total. The molecule has 9 nitrogen and oxygen atoms in total. The molecule has 0 aromatic carbocycles. The summed E-state index contributed by atoms with van der Waals surface area (Å²) < 4.78 is 25.5. The van der Waals surface area contributed by atoms with Crippen molar-refractivity contribution < 1.29 is 34.0 Å². The van der Waals surface area contributed by atoms with Gasteiger partial charge in [0.05, 0.1) is 68.5 Å². The minimum Gasteiger partial charge on any atom is -0.390 e. The zero-order valence-electron chi connectivity index (χ0n) is 30.9. The molecule has 8 rings (SSSR count). The summed E-state index contributed by atoms with van der Waals surface area (Å²) in [6.07, 6.45) is 7.86. The van der Waals surface area contributed by atoms with Crippen molar-refractivity contribution in [2.75, 3.05) is 32.9 Å². The van der Waals surface area contributed by atoms with Gasteiger partial charge in [0.2, 0.25) is 5.91 Å². The molecule has 2 unspecified atom stereocenters. The van der Waals surface area contributed by atoms with Crippen LogP contribution in [0.15, 0.2) is 0 Å². The number of amides is 1. The summed E-state index contributed by atoms with van der Waals surface area (Å²) in [5.74, 6) is 1.47. The molecule has 5 aliphatic carbocycles. The second-order valence-electron chi connectivity index (χ2n) is 19.5. The molecule has 2 spiro atoms. The molecule has 8 fully saturated rings. The Hall–Kier alpha value is -0.810. The van der Waals surface area contributed by atoms with Crippen LogP contribution >= 0.6 is 0 Å². The van der Waals surface area contributed by atoms with Crippen LogP contribution in [0.1, 0.15) is 107 Å². The van der Waals surface area contributed by atoms with Crippen molar-refractivity contribution in [1.29, 1.82) is 0 Å². The van der Waals surface area contributed by atoms with Crippen LogP contribution in [0.3, 0.4) is 0 Å². The van der Waals surface area contributed by atoms with E-state index in [2.05, 4.69) is 44.8 Å². The van der Waals surface area contributed by atoms with Gasteiger partial charge >= 0.3 is 0 Å². The van der Waals surface area contributed by atoms with Crippen LogP contribution in [-0.4, -0.2) is 102 Å². The van der Waals surface area contributed by atoms with E-state index in [9.17, 15) is 15.0 Å². The molecule has 3 aliphatic heterocycles. The zero-order valence-corrected chi connectivity index (χ0v) is 30.9. The normalized spacial score (nSPS) is 52.1. The Balaban J connectivity index is 1.03. The lowest BCUT2D eigenvalue weighted by Gasteiger charge is -2.64. The Kier molecular flexibility index (Phi) is 7.93. The molecule has 0 radical (unpaired) electrons. The SMILES string of the molecule is CC(=O)N[C@@H]([C@H]1C[C@@H](C)[C@H]2[C@H](O1)[C@H](O)[C@@]1(C)[C@@H]3CC[C@H]4C(C)(C)C(O[C@H]5CN(C6COC6)CCO5)CCC45C[C@@]35CC[C@]21C)C(C)(C)O. The monoisotopic (exact) mass is 672 g/mol. The zero-order chi connectivity index (χ0) is 34.2. The molecule has 14 atom stereocenters. The number of nitrogens with one attached hydrogen (secondary N) is 1. The first-order valence-electron chi connectivity index (χ1n) is 19.4. The van der Waals surface area contributed by atoms with E-state index in [0.29, 0.717) is 29.2 Å². The second kappa shape index (κ2) is 11.1. The predicted molar refractivity (Wildman–Crippen MR) is 181 cm³/mol. The van der Waals surface area contributed by atoms with E-state index in [1.54, 1.807) is 13.8 Å². The first-order chi connectivity index (χ1) is 22.5. The van der Waals surface area contributed by atoms with Gasteiger partial charge in [-0.1, -0.05) is 34.6 Å². The number of fused-ring (bicyclic) bond motifs is 4. The Morgan fingerprint density at radius 1 is 1.04 bits per heavy atom. The fourth-order valence-corrected chi connectivity index (χ4v) is 14.4. The summed E-state index contributed by atoms with van der Waals surface area (Å²) in [5, 5.41) is 26.7. The summed E-state index contributed by atoms with van der Waals surface area (Å²) in [7, 11) is 0. The van der Waals surface area contributed by atoms with Gasteiger partial charge < -0.3 is 34.5 Å². The molecule has 8 aliphatic rings. The number of nitrogens with zero attached hydrogens (tertiary/aromatic N) is 1. The van der Waals surface area contributed by atoms with Crippen molar-refractivity contribution in [3.8, 4) is 0 Å². The Morgan fingerprint density at radius 2 is 1.75 bits per heavy atom. The molecule has 3 heterocycles. The summed E-state index contributed by atoms with van der Waals surface area (Å²) >= 11 is 0. The van der Waals surface area contributed by atoms with Gasteiger partial charge in [0.1, 0.15) is 0 Å². The number of carbonyl (C=O) groups excluding carboxylic acids is 1.